The van der Waals surface area contributed by atoms with Crippen LogP contribution in [0.5, 0.6) is 5.75 Å². The number of phenols is 1. The van der Waals surface area contributed by atoms with Crippen LogP contribution in [0.2, 0.25) is 0 Å². The van der Waals surface area contributed by atoms with Crippen molar-refractivity contribution in [1.82, 2.24) is 5.32 Å². The zero-order chi connectivity index (χ0) is 11.6. The van der Waals surface area contributed by atoms with Gasteiger partial charge in [-0.15, -0.1) is 0 Å². The van der Waals surface area contributed by atoms with Gasteiger partial charge in [-0.3, -0.25) is 4.79 Å². The molecule has 4 N–H and O–H groups in total. The highest BCUT2D eigenvalue weighted by Gasteiger charge is 2.36. The largest absolute Gasteiger partial charge is 0.508 e. The number of aromatic hydroxyl groups is 1. The maximum atomic E-state index is 11.9. The van der Waals surface area contributed by atoms with Gasteiger partial charge in [0.05, 0.1) is 5.54 Å². The van der Waals surface area contributed by atoms with Crippen molar-refractivity contribution >= 4 is 5.91 Å². The molecule has 0 unspecified atom stereocenters. The number of phenolic OH excluding ortho intramolecular Hbond substituents is 1. The number of nitrogens with two attached hydrogens (primary N) is 1. The lowest BCUT2D eigenvalue weighted by molar-refractivity contribution is 0.0837. The lowest BCUT2D eigenvalue weighted by Crippen LogP contribution is -2.58. The van der Waals surface area contributed by atoms with E-state index < -0.39 is 0 Å². The van der Waals surface area contributed by atoms with E-state index in [9.17, 15) is 4.79 Å². The first kappa shape index (κ1) is 11.0. The predicted octanol–water partition coefficient (Wildman–Crippen LogP) is 1.00. The monoisotopic (exact) mass is 220 g/mol. The molecule has 4 nitrogen and oxygen atoms in total. The molecule has 1 saturated carbocycles. The lowest BCUT2D eigenvalue weighted by Gasteiger charge is -2.41. The highest BCUT2D eigenvalue weighted by atomic mass is 16.3. The van der Waals surface area contributed by atoms with Crippen molar-refractivity contribution in [2.24, 2.45) is 5.73 Å². The van der Waals surface area contributed by atoms with Crippen molar-refractivity contribution in [2.75, 3.05) is 6.54 Å². The van der Waals surface area contributed by atoms with Gasteiger partial charge in [0.15, 0.2) is 0 Å². The van der Waals surface area contributed by atoms with Crippen molar-refractivity contribution in [3.8, 4) is 5.75 Å². The minimum Gasteiger partial charge on any atom is -0.508 e. The lowest BCUT2D eigenvalue weighted by atomic mass is 9.76. The summed E-state index contributed by atoms with van der Waals surface area (Å²) in [6.45, 7) is 0.483. The Balaban J connectivity index is 2.05. The molecule has 86 valence electrons. The molecule has 1 aliphatic carbocycles. The standard InChI is InChI=1S/C12H16N2O2/c13-8-12(6-1-7-12)14-11(16)9-2-4-10(15)5-3-9/h2-5,15H,1,6-8,13H2,(H,14,16). The van der Waals surface area contributed by atoms with Gasteiger partial charge >= 0.3 is 0 Å². The fourth-order valence-electron chi connectivity index (χ4n) is 1.91. The Morgan fingerprint density at radius 2 is 2.00 bits per heavy atom. The average molecular weight is 220 g/mol. The van der Waals surface area contributed by atoms with E-state index in [-0.39, 0.29) is 17.2 Å². The van der Waals surface area contributed by atoms with Gasteiger partial charge in [-0.1, -0.05) is 0 Å². The van der Waals surface area contributed by atoms with Gasteiger partial charge in [0, 0.05) is 12.1 Å². The van der Waals surface area contributed by atoms with Crippen LogP contribution in [0.1, 0.15) is 29.6 Å². The Bertz CT molecular complexity index is 377. The van der Waals surface area contributed by atoms with Gasteiger partial charge < -0.3 is 16.2 Å². The molecule has 0 bridgehead atoms. The Morgan fingerprint density at radius 3 is 2.44 bits per heavy atom. The first-order chi connectivity index (χ1) is 7.65. The molecule has 0 saturated heterocycles. The van der Waals surface area contributed by atoms with Crippen LogP contribution in [0.4, 0.5) is 0 Å². The number of carbonyl (C=O) groups excluding carboxylic acids is 1. The molecule has 1 amide bonds. The molecular weight excluding hydrogens is 204 g/mol. The van der Waals surface area contributed by atoms with Crippen LogP contribution in [0, 0.1) is 0 Å². The fourth-order valence-corrected chi connectivity index (χ4v) is 1.91. The minimum atomic E-state index is -0.199. The number of nitrogens with one attached hydrogen (secondary N) is 1. The zero-order valence-corrected chi connectivity index (χ0v) is 9.07. The molecule has 1 aliphatic rings. The average Bonchev–Trinajstić information content (AvgIpc) is 2.24. The Labute approximate surface area is 94.5 Å². The van der Waals surface area contributed by atoms with E-state index in [1.54, 1.807) is 12.1 Å². The second kappa shape index (κ2) is 4.14. The van der Waals surface area contributed by atoms with E-state index in [1.165, 1.54) is 12.1 Å². The molecular formula is C12H16N2O2. The van der Waals surface area contributed by atoms with Crippen LogP contribution in [0.15, 0.2) is 24.3 Å². The topological polar surface area (TPSA) is 75.3 Å². The van der Waals surface area contributed by atoms with E-state index in [0.29, 0.717) is 12.1 Å². The number of hydrogen-bond donors (Lipinski definition) is 3. The van der Waals surface area contributed by atoms with Gasteiger partial charge in [-0.25, -0.2) is 0 Å². The minimum absolute atomic E-state index is 0.120. The molecule has 4 heteroatoms. The van der Waals surface area contributed by atoms with Gasteiger partial charge in [0.2, 0.25) is 0 Å². The predicted molar refractivity (Wildman–Crippen MR) is 61.2 cm³/mol. The third-order valence-corrected chi connectivity index (χ3v) is 3.21. The van der Waals surface area contributed by atoms with Gasteiger partial charge in [-0.05, 0) is 43.5 Å². The molecule has 0 aromatic heterocycles. The van der Waals surface area contributed by atoms with Crippen LogP contribution in [0.25, 0.3) is 0 Å². The molecule has 0 atom stereocenters. The van der Waals surface area contributed by atoms with Crippen LogP contribution in [-0.2, 0) is 0 Å². The summed E-state index contributed by atoms with van der Waals surface area (Å²) in [5.41, 5.74) is 6.02. The highest BCUT2D eigenvalue weighted by Crippen LogP contribution is 2.30. The van der Waals surface area contributed by atoms with Crippen LogP contribution < -0.4 is 11.1 Å². The second-order valence-corrected chi connectivity index (χ2v) is 4.34. The smallest absolute Gasteiger partial charge is 0.251 e. The number of benzene rings is 1. The summed E-state index contributed by atoms with van der Waals surface area (Å²) in [5, 5.41) is 12.1. The number of amides is 1. The summed E-state index contributed by atoms with van der Waals surface area (Å²) in [6.07, 6.45) is 3.02. The summed E-state index contributed by atoms with van der Waals surface area (Å²) >= 11 is 0. The van der Waals surface area contributed by atoms with Crippen molar-refractivity contribution < 1.29 is 9.90 Å². The van der Waals surface area contributed by atoms with E-state index in [2.05, 4.69) is 5.32 Å². The van der Waals surface area contributed by atoms with Gasteiger partial charge in [-0.2, -0.15) is 0 Å². The van der Waals surface area contributed by atoms with E-state index in [0.717, 1.165) is 19.3 Å². The molecule has 1 fully saturated rings. The first-order valence-corrected chi connectivity index (χ1v) is 5.47. The quantitative estimate of drug-likeness (QED) is 0.711. The van der Waals surface area contributed by atoms with Crippen LogP contribution >= 0.6 is 0 Å². The summed E-state index contributed by atoms with van der Waals surface area (Å²) in [6, 6.07) is 6.22. The Morgan fingerprint density at radius 1 is 1.38 bits per heavy atom. The van der Waals surface area contributed by atoms with Crippen LogP contribution in [-0.4, -0.2) is 23.1 Å². The summed E-state index contributed by atoms with van der Waals surface area (Å²) in [5.74, 6) is 0.0406. The number of carbonyl (C=O) groups is 1. The number of hydrogen-bond acceptors (Lipinski definition) is 3. The summed E-state index contributed by atoms with van der Waals surface area (Å²) in [4.78, 5) is 11.9. The maximum Gasteiger partial charge on any atom is 0.251 e. The summed E-state index contributed by atoms with van der Waals surface area (Å²) < 4.78 is 0. The third kappa shape index (κ3) is 2.02. The van der Waals surface area contributed by atoms with E-state index in [4.69, 9.17) is 10.8 Å². The molecule has 1 aromatic carbocycles. The molecule has 0 aliphatic heterocycles. The second-order valence-electron chi connectivity index (χ2n) is 4.34. The Kier molecular flexibility index (Phi) is 2.83. The molecule has 0 spiro atoms. The molecule has 0 heterocycles. The first-order valence-electron chi connectivity index (χ1n) is 5.47. The van der Waals surface area contributed by atoms with Gasteiger partial charge in [0.25, 0.3) is 5.91 Å². The third-order valence-electron chi connectivity index (χ3n) is 3.21. The maximum absolute atomic E-state index is 11.9. The molecule has 2 rings (SSSR count). The van der Waals surface area contributed by atoms with Gasteiger partial charge in [0.1, 0.15) is 5.75 Å². The van der Waals surface area contributed by atoms with Crippen molar-refractivity contribution in [3.63, 3.8) is 0 Å². The highest BCUT2D eigenvalue weighted by molar-refractivity contribution is 5.94. The van der Waals surface area contributed by atoms with Crippen molar-refractivity contribution in [3.05, 3.63) is 29.8 Å². The molecule has 1 aromatic rings. The van der Waals surface area contributed by atoms with Crippen LogP contribution in [0.3, 0.4) is 0 Å². The molecule has 16 heavy (non-hydrogen) atoms. The zero-order valence-electron chi connectivity index (χ0n) is 9.07. The SMILES string of the molecule is NCC1(NC(=O)c2ccc(O)cc2)CCC1. The molecule has 0 radical (unpaired) electrons. The summed E-state index contributed by atoms with van der Waals surface area (Å²) in [7, 11) is 0. The van der Waals surface area contributed by atoms with Crippen molar-refractivity contribution in [2.45, 2.75) is 24.8 Å². The normalized spacial score (nSPS) is 17.6. The van der Waals surface area contributed by atoms with E-state index in [1.807, 2.05) is 0 Å². The Hall–Kier alpha value is -1.55. The fraction of sp³-hybridized carbons (Fsp3) is 0.417. The van der Waals surface area contributed by atoms with E-state index >= 15 is 0 Å². The van der Waals surface area contributed by atoms with Crippen molar-refractivity contribution in [1.29, 1.82) is 0 Å². The number of rotatable bonds is 3.